The zero-order valence-electron chi connectivity index (χ0n) is 9.90. The van der Waals surface area contributed by atoms with Crippen LogP contribution >= 0.6 is 0 Å². The van der Waals surface area contributed by atoms with Gasteiger partial charge in [0.2, 0.25) is 5.91 Å². The first-order chi connectivity index (χ1) is 7.04. The van der Waals surface area contributed by atoms with Crippen molar-refractivity contribution in [2.75, 3.05) is 26.8 Å². The summed E-state index contributed by atoms with van der Waals surface area (Å²) >= 11 is 0. The number of methoxy groups -OCH3 is 1. The third kappa shape index (κ3) is 4.95. The number of hydrogen-bond acceptors (Lipinski definition) is 3. The normalized spacial score (nSPS) is 12.6. The summed E-state index contributed by atoms with van der Waals surface area (Å²) in [4.78, 5) is 13.5. The molecule has 0 aliphatic carbocycles. The highest BCUT2D eigenvalue weighted by Gasteiger charge is 2.22. The molecule has 1 amide bonds. The first-order valence-electron chi connectivity index (χ1n) is 5.18. The fourth-order valence-corrected chi connectivity index (χ4v) is 1.14. The largest absolute Gasteiger partial charge is 0.383 e. The average molecular weight is 214 g/mol. The van der Waals surface area contributed by atoms with E-state index in [0.717, 1.165) is 0 Å². The van der Waals surface area contributed by atoms with Crippen molar-refractivity contribution in [3.63, 3.8) is 0 Å². The number of nitrogens with zero attached hydrogens (tertiary/aromatic N) is 1. The van der Waals surface area contributed by atoms with Crippen molar-refractivity contribution in [1.29, 1.82) is 0 Å². The maximum Gasteiger partial charge on any atom is 0.240 e. The summed E-state index contributed by atoms with van der Waals surface area (Å²) in [5.74, 6) is 0.106. The Labute approximate surface area is 92.1 Å². The molecule has 4 nitrogen and oxygen atoms in total. The Morgan fingerprint density at radius 2 is 2.20 bits per heavy atom. The molecule has 0 bridgehead atoms. The highest BCUT2D eigenvalue weighted by atomic mass is 16.5. The standard InChI is InChI=1S/C11H22N2O2/c1-5-6-13(7-8-15-4)11(14)10(12)9(2)3/h5,9-10H,1,6-8,12H2,2-4H3/t10-/m1/s1. The Morgan fingerprint density at radius 3 is 2.60 bits per heavy atom. The lowest BCUT2D eigenvalue weighted by Crippen LogP contribution is -2.47. The Bertz CT molecular complexity index is 205. The van der Waals surface area contributed by atoms with Crippen LogP contribution in [0, 0.1) is 5.92 Å². The van der Waals surface area contributed by atoms with E-state index in [4.69, 9.17) is 10.5 Å². The molecular weight excluding hydrogens is 192 g/mol. The lowest BCUT2D eigenvalue weighted by Gasteiger charge is -2.25. The zero-order chi connectivity index (χ0) is 11.8. The van der Waals surface area contributed by atoms with Gasteiger partial charge in [-0.3, -0.25) is 4.79 Å². The molecule has 1 atom stereocenters. The molecule has 0 aromatic heterocycles. The summed E-state index contributed by atoms with van der Waals surface area (Å²) in [6, 6.07) is -0.443. The first kappa shape index (κ1) is 14.1. The fraction of sp³-hybridized carbons (Fsp3) is 0.727. The van der Waals surface area contributed by atoms with E-state index < -0.39 is 6.04 Å². The molecule has 0 rings (SSSR count). The van der Waals surface area contributed by atoms with E-state index in [9.17, 15) is 4.79 Å². The van der Waals surface area contributed by atoms with Gasteiger partial charge in [0.05, 0.1) is 12.6 Å². The number of ether oxygens (including phenoxy) is 1. The molecule has 0 fully saturated rings. The number of carbonyl (C=O) groups excluding carboxylic acids is 1. The molecule has 0 heterocycles. The number of rotatable bonds is 7. The van der Waals surface area contributed by atoms with Crippen LogP contribution in [0.15, 0.2) is 12.7 Å². The Morgan fingerprint density at radius 1 is 1.60 bits per heavy atom. The number of hydrogen-bond donors (Lipinski definition) is 1. The molecule has 0 aromatic rings. The van der Waals surface area contributed by atoms with Crippen molar-refractivity contribution in [3.05, 3.63) is 12.7 Å². The first-order valence-corrected chi connectivity index (χ1v) is 5.18. The second-order valence-electron chi connectivity index (χ2n) is 3.84. The van der Waals surface area contributed by atoms with Gasteiger partial charge in [-0.05, 0) is 5.92 Å². The molecule has 0 saturated heterocycles. The van der Waals surface area contributed by atoms with Crippen molar-refractivity contribution < 1.29 is 9.53 Å². The monoisotopic (exact) mass is 214 g/mol. The van der Waals surface area contributed by atoms with Gasteiger partial charge < -0.3 is 15.4 Å². The van der Waals surface area contributed by atoms with Crippen LogP contribution in [0.1, 0.15) is 13.8 Å². The smallest absolute Gasteiger partial charge is 0.240 e. The molecule has 0 aliphatic rings. The van der Waals surface area contributed by atoms with Gasteiger partial charge in [-0.15, -0.1) is 6.58 Å². The predicted molar refractivity (Wildman–Crippen MR) is 61.5 cm³/mol. The lowest BCUT2D eigenvalue weighted by atomic mass is 10.0. The molecule has 0 saturated carbocycles. The van der Waals surface area contributed by atoms with Gasteiger partial charge in [0.15, 0.2) is 0 Å². The zero-order valence-corrected chi connectivity index (χ0v) is 9.90. The maximum absolute atomic E-state index is 11.9. The van der Waals surface area contributed by atoms with Crippen LogP contribution in [0.3, 0.4) is 0 Å². The molecule has 0 aromatic carbocycles. The predicted octanol–water partition coefficient (Wildman–Crippen LogP) is 0.631. The Hall–Kier alpha value is -0.870. The van der Waals surface area contributed by atoms with Gasteiger partial charge in [0, 0.05) is 20.2 Å². The number of carbonyl (C=O) groups is 1. The third-order valence-electron chi connectivity index (χ3n) is 2.23. The van der Waals surface area contributed by atoms with Gasteiger partial charge in [-0.2, -0.15) is 0 Å². The second kappa shape index (κ2) is 7.43. The lowest BCUT2D eigenvalue weighted by molar-refractivity contribution is -0.133. The molecule has 4 heteroatoms. The van der Waals surface area contributed by atoms with E-state index in [1.807, 2.05) is 13.8 Å². The molecule has 0 spiro atoms. The summed E-state index contributed by atoms with van der Waals surface area (Å²) in [7, 11) is 1.61. The minimum Gasteiger partial charge on any atom is -0.383 e. The van der Waals surface area contributed by atoms with Crippen molar-refractivity contribution in [1.82, 2.24) is 4.90 Å². The summed E-state index contributed by atoms with van der Waals surface area (Å²) < 4.78 is 4.94. The minimum atomic E-state index is -0.443. The van der Waals surface area contributed by atoms with Crippen molar-refractivity contribution in [2.45, 2.75) is 19.9 Å². The quantitative estimate of drug-likeness (QED) is 0.632. The van der Waals surface area contributed by atoms with Gasteiger partial charge >= 0.3 is 0 Å². The number of amides is 1. The summed E-state index contributed by atoms with van der Waals surface area (Å²) in [5, 5.41) is 0. The molecule has 0 unspecified atom stereocenters. The summed E-state index contributed by atoms with van der Waals surface area (Å²) in [6.45, 7) is 9.08. The molecule has 88 valence electrons. The van der Waals surface area contributed by atoms with Crippen LogP contribution in [-0.4, -0.2) is 43.7 Å². The molecular formula is C11H22N2O2. The van der Waals surface area contributed by atoms with Crippen molar-refractivity contribution >= 4 is 5.91 Å². The third-order valence-corrected chi connectivity index (χ3v) is 2.23. The van der Waals surface area contributed by atoms with E-state index in [2.05, 4.69) is 6.58 Å². The van der Waals surface area contributed by atoms with Crippen LogP contribution < -0.4 is 5.73 Å². The molecule has 15 heavy (non-hydrogen) atoms. The SMILES string of the molecule is C=CCN(CCOC)C(=O)[C@H](N)C(C)C. The van der Waals surface area contributed by atoms with Crippen LogP contribution in [0.2, 0.25) is 0 Å². The summed E-state index contributed by atoms with van der Waals surface area (Å²) in [5.41, 5.74) is 5.80. The van der Waals surface area contributed by atoms with Gasteiger partial charge in [-0.25, -0.2) is 0 Å². The van der Waals surface area contributed by atoms with E-state index in [1.165, 1.54) is 0 Å². The van der Waals surface area contributed by atoms with Crippen LogP contribution in [-0.2, 0) is 9.53 Å². The average Bonchev–Trinajstić information content (AvgIpc) is 2.22. The molecule has 2 N–H and O–H groups in total. The fourth-order valence-electron chi connectivity index (χ4n) is 1.14. The van der Waals surface area contributed by atoms with E-state index >= 15 is 0 Å². The highest BCUT2D eigenvalue weighted by molar-refractivity contribution is 5.82. The van der Waals surface area contributed by atoms with Crippen molar-refractivity contribution in [3.8, 4) is 0 Å². The Kier molecular flexibility index (Phi) is 6.99. The van der Waals surface area contributed by atoms with Gasteiger partial charge in [0.1, 0.15) is 0 Å². The highest BCUT2D eigenvalue weighted by Crippen LogP contribution is 2.03. The molecule has 0 radical (unpaired) electrons. The molecule has 0 aliphatic heterocycles. The van der Waals surface area contributed by atoms with Crippen LogP contribution in [0.4, 0.5) is 0 Å². The minimum absolute atomic E-state index is 0.0399. The van der Waals surface area contributed by atoms with Crippen LogP contribution in [0.25, 0.3) is 0 Å². The summed E-state index contributed by atoms with van der Waals surface area (Å²) in [6.07, 6.45) is 1.70. The second-order valence-corrected chi connectivity index (χ2v) is 3.84. The van der Waals surface area contributed by atoms with E-state index in [1.54, 1.807) is 18.1 Å². The van der Waals surface area contributed by atoms with Crippen LogP contribution in [0.5, 0.6) is 0 Å². The van der Waals surface area contributed by atoms with Gasteiger partial charge in [0.25, 0.3) is 0 Å². The number of nitrogens with two attached hydrogens (primary N) is 1. The van der Waals surface area contributed by atoms with Crippen molar-refractivity contribution in [2.24, 2.45) is 11.7 Å². The topological polar surface area (TPSA) is 55.6 Å². The maximum atomic E-state index is 11.9. The van der Waals surface area contributed by atoms with Gasteiger partial charge in [-0.1, -0.05) is 19.9 Å². The van der Waals surface area contributed by atoms with E-state index in [-0.39, 0.29) is 11.8 Å². The Balaban J connectivity index is 4.32. The van der Waals surface area contributed by atoms with E-state index in [0.29, 0.717) is 19.7 Å².